The second-order valence-electron chi connectivity index (χ2n) is 6.04. The fraction of sp³-hybridized carbons (Fsp3) is 0.333. The molecule has 0 aliphatic rings. The number of benzene rings is 2. The largest absolute Gasteiger partial charge is 0.493 e. The van der Waals surface area contributed by atoms with Gasteiger partial charge < -0.3 is 19.5 Å². The van der Waals surface area contributed by atoms with Gasteiger partial charge in [-0.05, 0) is 36.8 Å². The Morgan fingerprint density at radius 1 is 1.00 bits per heavy atom. The third-order valence-electron chi connectivity index (χ3n) is 3.87. The van der Waals surface area contributed by atoms with Gasteiger partial charge in [0.1, 0.15) is 0 Å². The maximum Gasteiger partial charge on any atom is 0.310 e. The number of carbonyl (C=O) groups is 2. The molecule has 0 saturated heterocycles. The van der Waals surface area contributed by atoms with E-state index in [-0.39, 0.29) is 18.9 Å². The van der Waals surface area contributed by atoms with Crippen molar-refractivity contribution in [3.63, 3.8) is 0 Å². The van der Waals surface area contributed by atoms with Crippen molar-refractivity contribution >= 4 is 23.6 Å². The molecular weight excluding hydrogens is 378 g/mol. The minimum Gasteiger partial charge on any atom is -0.493 e. The van der Waals surface area contributed by atoms with E-state index in [0.29, 0.717) is 18.0 Å². The lowest BCUT2D eigenvalue weighted by molar-refractivity contribution is -0.147. The fourth-order valence-electron chi connectivity index (χ4n) is 2.40. The number of nitrogens with one attached hydrogen (secondary N) is 1. The highest BCUT2D eigenvalue weighted by Crippen LogP contribution is 2.27. The van der Waals surface area contributed by atoms with Crippen LogP contribution in [-0.4, -0.2) is 45.0 Å². The van der Waals surface area contributed by atoms with Gasteiger partial charge >= 0.3 is 5.97 Å². The number of hydrogen-bond donors (Lipinski definition) is 1. The Labute approximate surface area is 169 Å². The Kier molecular flexibility index (Phi) is 8.68. The molecule has 28 heavy (non-hydrogen) atoms. The van der Waals surface area contributed by atoms with Crippen molar-refractivity contribution in [3.05, 3.63) is 53.6 Å². The highest BCUT2D eigenvalue weighted by atomic mass is 32.2. The molecule has 0 atom stereocenters. The molecule has 0 aliphatic carbocycles. The van der Waals surface area contributed by atoms with Gasteiger partial charge in [-0.1, -0.05) is 23.8 Å². The second-order valence-corrected chi connectivity index (χ2v) is 7.21. The topological polar surface area (TPSA) is 73.9 Å². The average Bonchev–Trinajstić information content (AvgIpc) is 2.71. The van der Waals surface area contributed by atoms with Crippen LogP contribution in [0.1, 0.15) is 11.1 Å². The summed E-state index contributed by atoms with van der Waals surface area (Å²) in [5.41, 5.74) is 1.94. The first-order valence-corrected chi connectivity index (χ1v) is 9.83. The molecule has 0 spiro atoms. The lowest BCUT2D eigenvalue weighted by atomic mass is 10.1. The van der Waals surface area contributed by atoms with Crippen molar-refractivity contribution in [1.82, 2.24) is 5.32 Å². The highest BCUT2D eigenvalue weighted by molar-refractivity contribution is 7.99. The quantitative estimate of drug-likeness (QED) is 0.373. The van der Waals surface area contributed by atoms with Crippen molar-refractivity contribution < 1.29 is 23.8 Å². The molecule has 1 amide bonds. The van der Waals surface area contributed by atoms with Gasteiger partial charge in [0, 0.05) is 17.2 Å². The SMILES string of the molecule is COc1ccc(CC(=O)OCC(=O)NCCSc2ccc(C)cc2)cc1OC. The summed E-state index contributed by atoms with van der Waals surface area (Å²) in [4.78, 5) is 24.9. The molecule has 2 rings (SSSR count). The molecule has 2 aromatic carbocycles. The van der Waals surface area contributed by atoms with E-state index in [9.17, 15) is 9.59 Å². The van der Waals surface area contributed by atoms with Crippen molar-refractivity contribution in [2.45, 2.75) is 18.2 Å². The molecule has 0 heterocycles. The van der Waals surface area contributed by atoms with Gasteiger partial charge in [0.2, 0.25) is 0 Å². The normalized spacial score (nSPS) is 10.2. The van der Waals surface area contributed by atoms with E-state index in [0.717, 1.165) is 16.2 Å². The van der Waals surface area contributed by atoms with Crippen molar-refractivity contribution in [3.8, 4) is 11.5 Å². The Morgan fingerprint density at radius 2 is 1.71 bits per heavy atom. The standard InChI is InChI=1S/C21H25NO5S/c1-15-4-7-17(8-5-15)28-11-10-22-20(23)14-27-21(24)13-16-6-9-18(25-2)19(12-16)26-3/h4-9,12H,10-11,13-14H2,1-3H3,(H,22,23). The summed E-state index contributed by atoms with van der Waals surface area (Å²) in [7, 11) is 3.07. The Hall–Kier alpha value is -2.67. The molecule has 0 bridgehead atoms. The first-order valence-electron chi connectivity index (χ1n) is 8.84. The first-order chi connectivity index (χ1) is 13.5. The smallest absolute Gasteiger partial charge is 0.310 e. The summed E-state index contributed by atoms with van der Waals surface area (Å²) < 4.78 is 15.4. The van der Waals surface area contributed by atoms with Crippen molar-refractivity contribution in [2.75, 3.05) is 33.1 Å². The number of esters is 1. The van der Waals surface area contributed by atoms with Gasteiger partial charge in [-0.25, -0.2) is 0 Å². The number of methoxy groups -OCH3 is 2. The van der Waals surface area contributed by atoms with Gasteiger partial charge in [0.15, 0.2) is 18.1 Å². The number of rotatable bonds is 10. The maximum atomic E-state index is 11.9. The molecule has 0 aliphatic heterocycles. The van der Waals surface area contributed by atoms with Crippen molar-refractivity contribution in [2.24, 2.45) is 0 Å². The van der Waals surface area contributed by atoms with Gasteiger partial charge in [0.25, 0.3) is 5.91 Å². The van der Waals surface area contributed by atoms with Crippen LogP contribution in [0.2, 0.25) is 0 Å². The summed E-state index contributed by atoms with van der Waals surface area (Å²) in [6.07, 6.45) is 0.0525. The summed E-state index contributed by atoms with van der Waals surface area (Å²) in [6.45, 7) is 2.26. The molecule has 150 valence electrons. The number of amides is 1. The van der Waals surface area contributed by atoms with Crippen LogP contribution in [0.3, 0.4) is 0 Å². The molecule has 0 radical (unpaired) electrons. The molecule has 6 nitrogen and oxygen atoms in total. The maximum absolute atomic E-state index is 11.9. The zero-order valence-electron chi connectivity index (χ0n) is 16.3. The zero-order chi connectivity index (χ0) is 20.4. The molecule has 7 heteroatoms. The van der Waals surface area contributed by atoms with Crippen LogP contribution in [0.15, 0.2) is 47.4 Å². The van der Waals surface area contributed by atoms with Gasteiger partial charge in [-0.2, -0.15) is 0 Å². The van der Waals surface area contributed by atoms with E-state index in [1.54, 1.807) is 37.1 Å². The van der Waals surface area contributed by atoms with Gasteiger partial charge in [-0.3, -0.25) is 9.59 Å². The lowest BCUT2D eigenvalue weighted by Gasteiger charge is -2.10. The minimum absolute atomic E-state index is 0.0525. The Bertz CT molecular complexity index is 792. The Balaban J connectivity index is 1.66. The summed E-state index contributed by atoms with van der Waals surface area (Å²) in [5, 5.41) is 2.74. The highest BCUT2D eigenvalue weighted by Gasteiger charge is 2.11. The number of ether oxygens (including phenoxy) is 3. The number of aryl methyl sites for hydroxylation is 1. The lowest BCUT2D eigenvalue weighted by Crippen LogP contribution is -2.30. The number of hydrogen-bond acceptors (Lipinski definition) is 6. The molecule has 1 N–H and O–H groups in total. The molecular formula is C21H25NO5S. The first kappa shape index (κ1) is 21.6. The summed E-state index contributed by atoms with van der Waals surface area (Å²) >= 11 is 1.66. The summed E-state index contributed by atoms with van der Waals surface area (Å²) in [6, 6.07) is 13.4. The minimum atomic E-state index is -0.476. The summed E-state index contributed by atoms with van der Waals surface area (Å²) in [5.74, 6) is 1.08. The Morgan fingerprint density at radius 3 is 2.39 bits per heavy atom. The van der Waals surface area contributed by atoms with E-state index in [2.05, 4.69) is 29.6 Å². The van der Waals surface area contributed by atoms with Gasteiger partial charge in [0.05, 0.1) is 20.6 Å². The van der Waals surface area contributed by atoms with Crippen LogP contribution >= 0.6 is 11.8 Å². The van der Waals surface area contributed by atoms with Gasteiger partial charge in [-0.15, -0.1) is 11.8 Å². The number of carbonyl (C=O) groups excluding carboxylic acids is 2. The predicted octanol–water partition coefficient (Wildman–Crippen LogP) is 3.01. The van der Waals surface area contributed by atoms with Crippen LogP contribution in [-0.2, 0) is 20.7 Å². The molecule has 0 fully saturated rings. The zero-order valence-corrected chi connectivity index (χ0v) is 17.1. The van der Waals surface area contributed by atoms with Crippen LogP contribution in [0, 0.1) is 6.92 Å². The molecule has 0 saturated carbocycles. The average molecular weight is 404 g/mol. The number of thioether (sulfide) groups is 1. The third kappa shape index (κ3) is 7.15. The monoisotopic (exact) mass is 403 g/mol. The van der Waals surface area contributed by atoms with E-state index in [4.69, 9.17) is 14.2 Å². The molecule has 0 aromatic heterocycles. The van der Waals surface area contributed by atoms with E-state index >= 15 is 0 Å². The van der Waals surface area contributed by atoms with E-state index in [1.807, 2.05) is 6.92 Å². The van der Waals surface area contributed by atoms with E-state index < -0.39 is 5.97 Å². The van der Waals surface area contributed by atoms with Crippen LogP contribution in [0.25, 0.3) is 0 Å². The van der Waals surface area contributed by atoms with Crippen LogP contribution in [0.5, 0.6) is 11.5 Å². The molecule has 2 aromatic rings. The third-order valence-corrected chi connectivity index (χ3v) is 4.89. The van der Waals surface area contributed by atoms with Crippen LogP contribution < -0.4 is 14.8 Å². The van der Waals surface area contributed by atoms with Crippen molar-refractivity contribution in [1.29, 1.82) is 0 Å². The fourth-order valence-corrected chi connectivity index (χ4v) is 3.17. The van der Waals surface area contributed by atoms with Crippen LogP contribution in [0.4, 0.5) is 0 Å². The van der Waals surface area contributed by atoms with E-state index in [1.165, 1.54) is 12.7 Å². The predicted molar refractivity (Wildman–Crippen MR) is 109 cm³/mol. The second kappa shape index (κ2) is 11.2. The molecule has 0 unspecified atom stereocenters.